The van der Waals surface area contributed by atoms with Crippen LogP contribution in [0.2, 0.25) is 0 Å². The molecule has 3 nitrogen and oxygen atoms in total. The summed E-state index contributed by atoms with van der Waals surface area (Å²) in [6.07, 6.45) is 5.72. The standard InChI is InChI=1S/C13H20O3/c1-2-4-15-11-7-9-6-10(11)13(8-9)3-5-16-12(13)14/h9-11H,2-8H2,1H3. The van der Waals surface area contributed by atoms with Crippen LogP contribution in [0, 0.1) is 17.3 Å². The molecule has 3 aliphatic rings. The van der Waals surface area contributed by atoms with E-state index in [2.05, 4.69) is 6.92 Å². The van der Waals surface area contributed by atoms with E-state index in [1.807, 2.05) is 0 Å². The topological polar surface area (TPSA) is 35.5 Å². The van der Waals surface area contributed by atoms with Crippen molar-refractivity contribution in [2.45, 2.75) is 45.1 Å². The van der Waals surface area contributed by atoms with Gasteiger partial charge in [0.2, 0.25) is 0 Å². The fourth-order valence-corrected chi connectivity index (χ4v) is 4.06. The van der Waals surface area contributed by atoms with Crippen molar-refractivity contribution >= 4 is 5.97 Å². The molecular formula is C13H20O3. The summed E-state index contributed by atoms with van der Waals surface area (Å²) in [6, 6.07) is 0. The number of cyclic esters (lactones) is 1. The zero-order chi connectivity index (χ0) is 11.2. The van der Waals surface area contributed by atoms with Gasteiger partial charge in [0.1, 0.15) is 0 Å². The highest BCUT2D eigenvalue weighted by Crippen LogP contribution is 2.60. The second-order valence-electron chi connectivity index (χ2n) is 5.60. The smallest absolute Gasteiger partial charge is 0.312 e. The lowest BCUT2D eigenvalue weighted by Gasteiger charge is -2.35. The molecule has 0 aromatic carbocycles. The molecule has 2 bridgehead atoms. The van der Waals surface area contributed by atoms with E-state index >= 15 is 0 Å². The third-order valence-electron chi connectivity index (χ3n) is 4.69. The largest absolute Gasteiger partial charge is 0.465 e. The van der Waals surface area contributed by atoms with Gasteiger partial charge in [-0.15, -0.1) is 0 Å². The van der Waals surface area contributed by atoms with Crippen molar-refractivity contribution < 1.29 is 14.3 Å². The van der Waals surface area contributed by atoms with Crippen molar-refractivity contribution in [1.29, 1.82) is 0 Å². The van der Waals surface area contributed by atoms with Crippen LogP contribution in [0.25, 0.3) is 0 Å². The maximum absolute atomic E-state index is 11.9. The number of fused-ring (bicyclic) bond motifs is 3. The first-order chi connectivity index (χ1) is 7.76. The van der Waals surface area contributed by atoms with E-state index in [0.717, 1.165) is 25.9 Å². The van der Waals surface area contributed by atoms with Crippen LogP contribution in [0.4, 0.5) is 0 Å². The van der Waals surface area contributed by atoms with Gasteiger partial charge in [0.05, 0.1) is 18.1 Å². The second kappa shape index (κ2) is 3.73. The molecule has 2 aliphatic carbocycles. The Balaban J connectivity index is 1.76. The van der Waals surface area contributed by atoms with Gasteiger partial charge in [-0.3, -0.25) is 4.79 Å². The van der Waals surface area contributed by atoms with Crippen LogP contribution >= 0.6 is 0 Å². The van der Waals surface area contributed by atoms with E-state index in [-0.39, 0.29) is 11.4 Å². The van der Waals surface area contributed by atoms with E-state index in [1.54, 1.807) is 0 Å². The van der Waals surface area contributed by atoms with Crippen LogP contribution in [-0.2, 0) is 14.3 Å². The molecule has 4 atom stereocenters. The van der Waals surface area contributed by atoms with Crippen LogP contribution in [0.15, 0.2) is 0 Å². The molecule has 90 valence electrons. The molecule has 0 amide bonds. The Bertz CT molecular complexity index is 302. The first kappa shape index (κ1) is 10.6. The van der Waals surface area contributed by atoms with E-state index in [0.29, 0.717) is 24.5 Å². The maximum atomic E-state index is 11.9. The Labute approximate surface area is 96.5 Å². The zero-order valence-corrected chi connectivity index (χ0v) is 9.91. The molecule has 1 heterocycles. The van der Waals surface area contributed by atoms with Gasteiger partial charge in [0.25, 0.3) is 0 Å². The Morgan fingerprint density at radius 2 is 2.38 bits per heavy atom. The van der Waals surface area contributed by atoms with Gasteiger partial charge in [0, 0.05) is 12.5 Å². The van der Waals surface area contributed by atoms with Gasteiger partial charge in [-0.1, -0.05) is 6.92 Å². The Morgan fingerprint density at radius 3 is 3.00 bits per heavy atom. The molecule has 2 saturated carbocycles. The van der Waals surface area contributed by atoms with Crippen LogP contribution < -0.4 is 0 Å². The fourth-order valence-electron chi connectivity index (χ4n) is 4.06. The minimum atomic E-state index is -0.151. The lowest BCUT2D eigenvalue weighted by Crippen LogP contribution is -2.40. The predicted molar refractivity (Wildman–Crippen MR) is 58.9 cm³/mol. The first-order valence-corrected chi connectivity index (χ1v) is 6.55. The van der Waals surface area contributed by atoms with Crippen molar-refractivity contribution in [3.8, 4) is 0 Å². The molecule has 3 heteroatoms. The summed E-state index contributed by atoms with van der Waals surface area (Å²) in [4.78, 5) is 11.9. The molecule has 1 saturated heterocycles. The van der Waals surface area contributed by atoms with Gasteiger partial charge in [-0.05, 0) is 38.0 Å². The minimum absolute atomic E-state index is 0.0600. The molecule has 0 N–H and O–H groups in total. The van der Waals surface area contributed by atoms with Crippen molar-refractivity contribution in [3.05, 3.63) is 0 Å². The molecule has 0 radical (unpaired) electrons. The van der Waals surface area contributed by atoms with Gasteiger partial charge in [0.15, 0.2) is 0 Å². The number of esters is 1. The summed E-state index contributed by atoms with van der Waals surface area (Å²) in [6.45, 7) is 3.59. The molecule has 0 aromatic rings. The molecular weight excluding hydrogens is 204 g/mol. The third-order valence-corrected chi connectivity index (χ3v) is 4.69. The van der Waals surface area contributed by atoms with E-state index < -0.39 is 0 Å². The predicted octanol–water partition coefficient (Wildman–Crippen LogP) is 2.14. The molecule has 4 unspecified atom stereocenters. The van der Waals surface area contributed by atoms with Crippen molar-refractivity contribution in [1.82, 2.24) is 0 Å². The Kier molecular flexibility index (Phi) is 2.46. The van der Waals surface area contributed by atoms with Crippen molar-refractivity contribution in [3.63, 3.8) is 0 Å². The second-order valence-corrected chi connectivity index (χ2v) is 5.60. The number of ether oxygens (including phenoxy) is 2. The highest BCUT2D eigenvalue weighted by molar-refractivity contribution is 5.79. The summed E-state index contributed by atoms with van der Waals surface area (Å²) in [5, 5.41) is 0. The molecule has 0 aromatic heterocycles. The average molecular weight is 224 g/mol. The molecule has 1 spiro atoms. The summed E-state index contributed by atoms with van der Waals surface area (Å²) in [5.74, 6) is 1.21. The molecule has 16 heavy (non-hydrogen) atoms. The quantitative estimate of drug-likeness (QED) is 0.689. The van der Waals surface area contributed by atoms with Gasteiger partial charge in [-0.25, -0.2) is 0 Å². The van der Waals surface area contributed by atoms with Gasteiger partial charge in [-0.2, -0.15) is 0 Å². The van der Waals surface area contributed by atoms with Crippen LogP contribution in [0.5, 0.6) is 0 Å². The monoisotopic (exact) mass is 224 g/mol. The molecule has 1 aliphatic heterocycles. The SMILES string of the molecule is CCCOC1CC2CC1C1(CCOC1=O)C2. The molecule has 3 rings (SSSR count). The van der Waals surface area contributed by atoms with Gasteiger partial charge < -0.3 is 9.47 Å². The zero-order valence-electron chi connectivity index (χ0n) is 9.91. The Hall–Kier alpha value is -0.570. The summed E-state index contributed by atoms with van der Waals surface area (Å²) in [5.41, 5.74) is -0.151. The number of hydrogen-bond donors (Lipinski definition) is 0. The van der Waals surface area contributed by atoms with Crippen molar-refractivity contribution in [2.24, 2.45) is 17.3 Å². The maximum Gasteiger partial charge on any atom is 0.312 e. The summed E-state index contributed by atoms with van der Waals surface area (Å²) < 4.78 is 11.1. The highest BCUT2D eigenvalue weighted by Gasteiger charge is 2.62. The van der Waals surface area contributed by atoms with Crippen LogP contribution in [0.3, 0.4) is 0 Å². The van der Waals surface area contributed by atoms with E-state index in [4.69, 9.17) is 9.47 Å². The summed E-state index contributed by atoms with van der Waals surface area (Å²) in [7, 11) is 0. The molecule has 3 fully saturated rings. The van der Waals surface area contributed by atoms with Crippen molar-refractivity contribution in [2.75, 3.05) is 13.2 Å². The van der Waals surface area contributed by atoms with Gasteiger partial charge >= 0.3 is 5.97 Å². The average Bonchev–Trinajstić information content (AvgIpc) is 2.92. The Morgan fingerprint density at radius 1 is 1.50 bits per heavy atom. The van der Waals surface area contributed by atoms with Crippen LogP contribution in [-0.4, -0.2) is 25.3 Å². The third kappa shape index (κ3) is 1.33. The van der Waals surface area contributed by atoms with E-state index in [9.17, 15) is 4.79 Å². The number of carbonyl (C=O) groups is 1. The minimum Gasteiger partial charge on any atom is -0.465 e. The number of carbonyl (C=O) groups excluding carboxylic acids is 1. The normalized spacial score (nSPS) is 45.6. The van der Waals surface area contributed by atoms with E-state index in [1.165, 1.54) is 12.8 Å². The summed E-state index contributed by atoms with van der Waals surface area (Å²) >= 11 is 0. The number of hydrogen-bond acceptors (Lipinski definition) is 3. The number of rotatable bonds is 3. The lowest BCUT2D eigenvalue weighted by atomic mass is 9.71. The fraction of sp³-hybridized carbons (Fsp3) is 0.923. The first-order valence-electron chi connectivity index (χ1n) is 6.55. The lowest BCUT2D eigenvalue weighted by molar-refractivity contribution is -0.152. The highest BCUT2D eigenvalue weighted by atomic mass is 16.5. The van der Waals surface area contributed by atoms with Crippen LogP contribution in [0.1, 0.15) is 39.0 Å².